The Balaban J connectivity index is 2.70. The molecule has 1 rings (SSSR count). The summed E-state index contributed by atoms with van der Waals surface area (Å²) in [6.07, 6.45) is 0. The molecule has 0 spiro atoms. The molecule has 0 aliphatic rings. The molecule has 0 fully saturated rings. The zero-order chi connectivity index (χ0) is 12.1. The number of hydrogen-bond acceptors (Lipinski definition) is 4. The van der Waals surface area contributed by atoms with Crippen LogP contribution in [0.25, 0.3) is 0 Å². The monoisotopic (exact) mass is 224 g/mol. The van der Waals surface area contributed by atoms with E-state index in [1.54, 1.807) is 19.1 Å². The number of aliphatic hydroxyl groups is 1. The second-order valence-electron chi connectivity index (χ2n) is 3.84. The lowest BCUT2D eigenvalue weighted by molar-refractivity contribution is -0.385. The average molecular weight is 224 g/mol. The third-order valence-electron chi connectivity index (χ3n) is 2.39. The fraction of sp³-hybridized carbons (Fsp3) is 0.455. The second kappa shape index (κ2) is 5.58. The molecule has 0 saturated heterocycles. The highest BCUT2D eigenvalue weighted by atomic mass is 16.6. The van der Waals surface area contributed by atoms with Gasteiger partial charge in [0.25, 0.3) is 5.69 Å². The number of nitro benzene ring substituents is 1. The largest absolute Gasteiger partial charge is 0.395 e. The van der Waals surface area contributed by atoms with Crippen molar-refractivity contribution < 1.29 is 10.0 Å². The first kappa shape index (κ1) is 12.6. The molecule has 0 aliphatic carbocycles. The van der Waals surface area contributed by atoms with E-state index in [1.165, 1.54) is 6.07 Å². The molecule has 0 aromatic heterocycles. The van der Waals surface area contributed by atoms with Crippen LogP contribution in [0.15, 0.2) is 18.2 Å². The van der Waals surface area contributed by atoms with Crippen LogP contribution in [-0.2, 0) is 6.54 Å². The van der Waals surface area contributed by atoms with Gasteiger partial charge in [-0.05, 0) is 25.5 Å². The number of aliphatic hydroxyl groups excluding tert-OH is 1. The lowest BCUT2D eigenvalue weighted by atomic mass is 10.1. The normalized spacial score (nSPS) is 12.4. The molecule has 5 nitrogen and oxygen atoms in total. The molecule has 0 saturated carbocycles. The smallest absolute Gasteiger partial charge is 0.272 e. The summed E-state index contributed by atoms with van der Waals surface area (Å²) in [4.78, 5) is 10.2. The fourth-order valence-electron chi connectivity index (χ4n) is 1.39. The number of nitrogens with one attached hydrogen (secondary N) is 1. The van der Waals surface area contributed by atoms with Crippen LogP contribution >= 0.6 is 0 Å². The van der Waals surface area contributed by atoms with Crippen LogP contribution < -0.4 is 5.32 Å². The van der Waals surface area contributed by atoms with E-state index in [4.69, 9.17) is 5.11 Å². The highest BCUT2D eigenvalue weighted by Gasteiger charge is 2.10. The Morgan fingerprint density at radius 2 is 2.25 bits per heavy atom. The Kier molecular flexibility index (Phi) is 4.39. The summed E-state index contributed by atoms with van der Waals surface area (Å²) in [5.41, 5.74) is 1.77. The first-order valence-corrected chi connectivity index (χ1v) is 5.12. The molecule has 88 valence electrons. The van der Waals surface area contributed by atoms with Crippen molar-refractivity contribution in [2.75, 3.05) is 6.61 Å². The van der Waals surface area contributed by atoms with Crippen LogP contribution in [0.2, 0.25) is 0 Å². The molecule has 5 heteroatoms. The van der Waals surface area contributed by atoms with Gasteiger partial charge in [0.2, 0.25) is 0 Å². The van der Waals surface area contributed by atoms with E-state index in [2.05, 4.69) is 5.32 Å². The summed E-state index contributed by atoms with van der Waals surface area (Å²) in [7, 11) is 0. The van der Waals surface area contributed by atoms with Crippen LogP contribution in [0, 0.1) is 17.0 Å². The van der Waals surface area contributed by atoms with Crippen LogP contribution in [-0.4, -0.2) is 22.7 Å². The molecule has 1 aromatic rings. The first-order chi connectivity index (χ1) is 7.54. The quantitative estimate of drug-likeness (QED) is 0.585. The molecule has 1 atom stereocenters. The summed E-state index contributed by atoms with van der Waals surface area (Å²) in [6, 6.07) is 5.04. The zero-order valence-corrected chi connectivity index (χ0v) is 9.43. The molecule has 0 heterocycles. The van der Waals surface area contributed by atoms with Crippen molar-refractivity contribution in [2.45, 2.75) is 26.4 Å². The minimum absolute atomic E-state index is 0.0236. The zero-order valence-electron chi connectivity index (χ0n) is 9.43. The van der Waals surface area contributed by atoms with Gasteiger partial charge in [-0.3, -0.25) is 10.1 Å². The van der Waals surface area contributed by atoms with Gasteiger partial charge in [-0.2, -0.15) is 0 Å². The standard InChI is InChI=1S/C11H16N2O3/c1-8-5-10(6-12-9(2)7-14)3-4-11(8)13(15)16/h3-5,9,12,14H,6-7H2,1-2H3. The van der Waals surface area contributed by atoms with Crippen LogP contribution in [0.5, 0.6) is 0 Å². The Morgan fingerprint density at radius 1 is 1.56 bits per heavy atom. The van der Waals surface area contributed by atoms with Gasteiger partial charge in [0.15, 0.2) is 0 Å². The third-order valence-corrected chi connectivity index (χ3v) is 2.39. The van der Waals surface area contributed by atoms with Crippen LogP contribution in [0.3, 0.4) is 0 Å². The van der Waals surface area contributed by atoms with E-state index >= 15 is 0 Å². The minimum Gasteiger partial charge on any atom is -0.395 e. The lowest BCUT2D eigenvalue weighted by Gasteiger charge is -2.10. The molecule has 1 aromatic carbocycles. The van der Waals surface area contributed by atoms with E-state index in [0.29, 0.717) is 12.1 Å². The van der Waals surface area contributed by atoms with Crippen molar-refractivity contribution in [1.29, 1.82) is 0 Å². The number of hydrogen-bond donors (Lipinski definition) is 2. The minimum atomic E-state index is -0.386. The Bertz CT molecular complexity index is 379. The molecule has 0 amide bonds. The number of rotatable bonds is 5. The lowest BCUT2D eigenvalue weighted by Crippen LogP contribution is -2.28. The van der Waals surface area contributed by atoms with Crippen LogP contribution in [0.1, 0.15) is 18.1 Å². The molecule has 1 unspecified atom stereocenters. The maximum absolute atomic E-state index is 10.6. The van der Waals surface area contributed by atoms with Gasteiger partial charge in [-0.25, -0.2) is 0 Å². The predicted octanol–water partition coefficient (Wildman–Crippen LogP) is 1.37. The van der Waals surface area contributed by atoms with Gasteiger partial charge in [-0.1, -0.05) is 6.07 Å². The highest BCUT2D eigenvalue weighted by molar-refractivity contribution is 5.41. The fourth-order valence-corrected chi connectivity index (χ4v) is 1.39. The molecular weight excluding hydrogens is 208 g/mol. The molecule has 2 N–H and O–H groups in total. The number of nitro groups is 1. The topological polar surface area (TPSA) is 75.4 Å². The molecule has 0 aliphatic heterocycles. The van der Waals surface area contributed by atoms with Gasteiger partial charge in [0.1, 0.15) is 0 Å². The predicted molar refractivity (Wildman–Crippen MR) is 61.2 cm³/mol. The summed E-state index contributed by atoms with van der Waals surface area (Å²) < 4.78 is 0. The molecule has 16 heavy (non-hydrogen) atoms. The van der Waals surface area contributed by atoms with E-state index in [0.717, 1.165) is 5.56 Å². The highest BCUT2D eigenvalue weighted by Crippen LogP contribution is 2.18. The van der Waals surface area contributed by atoms with E-state index in [1.807, 2.05) is 6.92 Å². The Labute approximate surface area is 94.3 Å². The van der Waals surface area contributed by atoms with Gasteiger partial charge in [0, 0.05) is 24.2 Å². The number of nitrogens with zero attached hydrogens (tertiary/aromatic N) is 1. The van der Waals surface area contributed by atoms with E-state index in [9.17, 15) is 10.1 Å². The molecule has 0 bridgehead atoms. The van der Waals surface area contributed by atoms with E-state index in [-0.39, 0.29) is 23.3 Å². The van der Waals surface area contributed by atoms with Gasteiger partial charge in [0.05, 0.1) is 11.5 Å². The maximum Gasteiger partial charge on any atom is 0.272 e. The van der Waals surface area contributed by atoms with Gasteiger partial charge < -0.3 is 10.4 Å². The van der Waals surface area contributed by atoms with E-state index < -0.39 is 0 Å². The SMILES string of the molecule is Cc1cc(CNC(C)CO)ccc1[N+](=O)[O-]. The third kappa shape index (κ3) is 3.29. The van der Waals surface area contributed by atoms with Gasteiger partial charge >= 0.3 is 0 Å². The van der Waals surface area contributed by atoms with Crippen molar-refractivity contribution in [3.63, 3.8) is 0 Å². The summed E-state index contributed by atoms with van der Waals surface area (Å²) >= 11 is 0. The summed E-state index contributed by atoms with van der Waals surface area (Å²) in [5, 5.41) is 22.5. The van der Waals surface area contributed by atoms with Crippen molar-refractivity contribution in [2.24, 2.45) is 0 Å². The van der Waals surface area contributed by atoms with Crippen molar-refractivity contribution in [3.8, 4) is 0 Å². The maximum atomic E-state index is 10.6. The van der Waals surface area contributed by atoms with Crippen molar-refractivity contribution in [1.82, 2.24) is 5.32 Å². The first-order valence-electron chi connectivity index (χ1n) is 5.12. The number of benzene rings is 1. The van der Waals surface area contributed by atoms with Gasteiger partial charge in [-0.15, -0.1) is 0 Å². The second-order valence-corrected chi connectivity index (χ2v) is 3.84. The number of aryl methyl sites for hydroxylation is 1. The van der Waals surface area contributed by atoms with Crippen molar-refractivity contribution in [3.05, 3.63) is 39.4 Å². The summed E-state index contributed by atoms with van der Waals surface area (Å²) in [5.74, 6) is 0. The van der Waals surface area contributed by atoms with Crippen molar-refractivity contribution >= 4 is 5.69 Å². The Morgan fingerprint density at radius 3 is 2.75 bits per heavy atom. The Hall–Kier alpha value is -1.46. The average Bonchev–Trinajstić information content (AvgIpc) is 2.25. The van der Waals surface area contributed by atoms with Crippen LogP contribution in [0.4, 0.5) is 5.69 Å². The molecule has 0 radical (unpaired) electrons. The molecular formula is C11H16N2O3. The summed E-state index contributed by atoms with van der Waals surface area (Å²) in [6.45, 7) is 4.27.